The fourth-order valence-electron chi connectivity index (χ4n) is 9.13. The molecule has 2 N–H and O–H groups in total. The summed E-state index contributed by atoms with van der Waals surface area (Å²) in [7, 11) is 0. The van der Waals surface area contributed by atoms with Gasteiger partial charge in [-0.2, -0.15) is 0 Å². The van der Waals surface area contributed by atoms with Crippen LogP contribution in [-0.4, -0.2) is 42.6 Å². The van der Waals surface area contributed by atoms with Gasteiger partial charge in [-0.25, -0.2) is 4.79 Å². The number of aliphatic hydroxyl groups excluding tert-OH is 2. The van der Waals surface area contributed by atoms with Crippen molar-refractivity contribution in [3.8, 4) is 39.1 Å². The summed E-state index contributed by atoms with van der Waals surface area (Å²) in [5.74, 6) is 2.04. The second-order valence-electron chi connectivity index (χ2n) is 17.3. The Balaban J connectivity index is 1.32. The Morgan fingerprint density at radius 2 is 1.27 bits per heavy atom. The number of hydrogen-bond donors (Lipinski definition) is 2. The molecule has 4 aromatic rings. The van der Waals surface area contributed by atoms with Gasteiger partial charge in [0.25, 0.3) is 0 Å². The van der Waals surface area contributed by atoms with E-state index in [9.17, 15) is 15.0 Å². The summed E-state index contributed by atoms with van der Waals surface area (Å²) in [5, 5.41) is 20.2. The van der Waals surface area contributed by atoms with Gasteiger partial charge in [-0.3, -0.25) is 0 Å². The molecule has 0 heterocycles. The second-order valence-corrected chi connectivity index (χ2v) is 17.3. The summed E-state index contributed by atoms with van der Waals surface area (Å²) in [6, 6.07) is 29.7. The molecule has 0 aromatic heterocycles. The summed E-state index contributed by atoms with van der Waals surface area (Å²) < 4.78 is 11.8. The Hall–Kier alpha value is -4.19. The number of carbonyl (C=O) groups excluding carboxylic acids is 1. The fraction of sp³-hybridized carbons (Fsp3) is 0.500. The van der Waals surface area contributed by atoms with Crippen LogP contribution in [0.2, 0.25) is 0 Å². The van der Waals surface area contributed by atoms with Crippen molar-refractivity contribution >= 4 is 5.97 Å². The van der Waals surface area contributed by atoms with Gasteiger partial charge in [0.1, 0.15) is 5.75 Å². The molecule has 318 valence electrons. The number of esters is 1. The van der Waals surface area contributed by atoms with E-state index in [0.717, 1.165) is 48.5 Å². The van der Waals surface area contributed by atoms with Gasteiger partial charge in [0.15, 0.2) is 0 Å². The van der Waals surface area contributed by atoms with Crippen LogP contribution in [0.4, 0.5) is 0 Å². The van der Waals surface area contributed by atoms with Crippen LogP contribution in [0.1, 0.15) is 140 Å². The lowest BCUT2D eigenvalue weighted by atomic mass is 9.77. The van der Waals surface area contributed by atoms with Gasteiger partial charge in [0.05, 0.1) is 26.4 Å². The van der Waals surface area contributed by atoms with Crippen molar-refractivity contribution in [1.29, 1.82) is 0 Å². The molecule has 59 heavy (non-hydrogen) atoms. The molecule has 5 nitrogen and oxygen atoms in total. The van der Waals surface area contributed by atoms with E-state index in [1.165, 1.54) is 95.9 Å². The van der Waals surface area contributed by atoms with E-state index in [-0.39, 0.29) is 19.2 Å². The highest BCUT2D eigenvalue weighted by atomic mass is 16.5. The lowest BCUT2D eigenvalue weighted by Gasteiger charge is -2.29. The first kappa shape index (κ1) is 45.9. The molecule has 1 aliphatic rings. The molecule has 1 saturated carbocycles. The Morgan fingerprint density at radius 3 is 1.85 bits per heavy atom. The Kier molecular flexibility index (Phi) is 17.9. The van der Waals surface area contributed by atoms with Crippen molar-refractivity contribution < 1.29 is 24.5 Å². The molecule has 1 fully saturated rings. The normalized spacial score (nSPS) is 15.6. The van der Waals surface area contributed by atoms with E-state index < -0.39 is 5.41 Å². The fourth-order valence-corrected chi connectivity index (χ4v) is 9.13. The molecule has 0 saturated heterocycles. The summed E-state index contributed by atoms with van der Waals surface area (Å²) in [6.07, 6.45) is 16.3. The summed E-state index contributed by atoms with van der Waals surface area (Å²) >= 11 is 0. The Morgan fingerprint density at radius 1 is 0.678 bits per heavy atom. The van der Waals surface area contributed by atoms with Gasteiger partial charge in [-0.1, -0.05) is 133 Å². The van der Waals surface area contributed by atoms with E-state index in [4.69, 9.17) is 9.47 Å². The van der Waals surface area contributed by atoms with Crippen LogP contribution in [0, 0.1) is 11.3 Å². The lowest BCUT2D eigenvalue weighted by Crippen LogP contribution is -2.31. The number of hydrogen-bond acceptors (Lipinski definition) is 5. The van der Waals surface area contributed by atoms with Crippen LogP contribution in [0.15, 0.2) is 91.0 Å². The van der Waals surface area contributed by atoms with Crippen LogP contribution in [0.5, 0.6) is 5.75 Å². The third kappa shape index (κ3) is 12.4. The van der Waals surface area contributed by atoms with Crippen molar-refractivity contribution in [2.45, 2.75) is 137 Å². The van der Waals surface area contributed by atoms with Crippen LogP contribution in [-0.2, 0) is 28.8 Å². The second kappa shape index (κ2) is 23.0. The molecule has 5 rings (SSSR count). The molecule has 5 heteroatoms. The van der Waals surface area contributed by atoms with Gasteiger partial charge in [0.2, 0.25) is 0 Å². The van der Waals surface area contributed by atoms with E-state index in [1.54, 1.807) is 6.92 Å². The minimum atomic E-state index is -0.556. The average Bonchev–Trinajstić information content (AvgIpc) is 3.27. The van der Waals surface area contributed by atoms with Crippen LogP contribution in [0.25, 0.3) is 33.4 Å². The smallest absolute Gasteiger partial charge is 0.333 e. The predicted molar refractivity (Wildman–Crippen MR) is 246 cm³/mol. The molecule has 0 spiro atoms. The quantitative estimate of drug-likeness (QED) is 0.0444. The molecular weight excluding hydrogens is 729 g/mol. The highest BCUT2D eigenvalue weighted by Gasteiger charge is 2.28. The number of unbranched alkanes of at least 4 members (excludes halogenated alkanes) is 2. The van der Waals surface area contributed by atoms with E-state index in [2.05, 4.69) is 107 Å². The average molecular weight is 801 g/mol. The zero-order valence-corrected chi connectivity index (χ0v) is 36.9. The Bertz CT molecular complexity index is 1930. The van der Waals surface area contributed by atoms with Crippen molar-refractivity contribution in [2.75, 3.05) is 26.4 Å². The third-order valence-corrected chi connectivity index (χ3v) is 12.9. The molecule has 1 aliphatic carbocycles. The van der Waals surface area contributed by atoms with Crippen molar-refractivity contribution in [3.63, 3.8) is 0 Å². The molecule has 0 atom stereocenters. The first-order valence-electron chi connectivity index (χ1n) is 22.8. The molecule has 0 radical (unpaired) electrons. The zero-order valence-electron chi connectivity index (χ0n) is 36.9. The number of rotatable bonds is 23. The Labute approximate surface area is 356 Å². The highest BCUT2D eigenvalue weighted by molar-refractivity contribution is 5.86. The maximum Gasteiger partial charge on any atom is 0.333 e. The van der Waals surface area contributed by atoms with Crippen molar-refractivity contribution in [3.05, 3.63) is 113 Å². The SMILES string of the molecule is C=C(C)C(=O)OCCCc1cc(-c2ccc(-c3ccc(-c4ccc(C5CCC(CCCCC)CC5)cc4)c(CC)c3)cc2CC)ccc1OCCC(CO)(CO)CCC. The van der Waals surface area contributed by atoms with Gasteiger partial charge < -0.3 is 19.7 Å². The number of aliphatic hydroxyl groups is 2. The van der Waals surface area contributed by atoms with E-state index in [1.807, 2.05) is 6.07 Å². The van der Waals surface area contributed by atoms with E-state index in [0.29, 0.717) is 44.0 Å². The van der Waals surface area contributed by atoms with Gasteiger partial charge in [0, 0.05) is 11.0 Å². The van der Waals surface area contributed by atoms with Gasteiger partial charge in [-0.05, 0) is 151 Å². The van der Waals surface area contributed by atoms with Crippen LogP contribution in [0.3, 0.4) is 0 Å². The maximum absolute atomic E-state index is 12.0. The van der Waals surface area contributed by atoms with E-state index >= 15 is 0 Å². The standard InChI is InChI=1S/C54H72O5/c1-7-11-12-14-40-16-18-43(19-17-40)44-20-22-45(23-21-44)50-27-24-46(34-41(50)9-3)47-25-28-51(42(10-4)35-47)48-26-29-52(58-33-31-54(37-55,38-56)30-8-2)49(36-48)15-13-32-59-53(57)39(5)6/h20-29,34-36,40,43,55-56H,5,7-19,30-33,37-38H2,1-4,6H3. The minimum absolute atomic E-state index is 0.0753. The summed E-state index contributed by atoms with van der Waals surface area (Å²) in [6.45, 7) is 14.7. The van der Waals surface area contributed by atoms with Crippen LogP contribution < -0.4 is 4.74 Å². The first-order valence-corrected chi connectivity index (χ1v) is 22.8. The predicted octanol–water partition coefficient (Wildman–Crippen LogP) is 13.3. The zero-order chi connectivity index (χ0) is 42.2. The molecular formula is C54H72O5. The summed E-state index contributed by atoms with van der Waals surface area (Å²) in [5.41, 5.74) is 12.4. The molecule has 0 amide bonds. The van der Waals surface area contributed by atoms with Crippen molar-refractivity contribution in [2.24, 2.45) is 11.3 Å². The lowest BCUT2D eigenvalue weighted by molar-refractivity contribution is -0.139. The largest absolute Gasteiger partial charge is 0.493 e. The van der Waals surface area contributed by atoms with Gasteiger partial charge in [-0.15, -0.1) is 0 Å². The number of aryl methyl sites for hydroxylation is 3. The number of ether oxygens (including phenoxy) is 2. The summed E-state index contributed by atoms with van der Waals surface area (Å²) in [4.78, 5) is 12.0. The third-order valence-electron chi connectivity index (χ3n) is 12.9. The highest BCUT2D eigenvalue weighted by Crippen LogP contribution is 2.40. The monoisotopic (exact) mass is 801 g/mol. The molecule has 0 bridgehead atoms. The van der Waals surface area contributed by atoms with Crippen LogP contribution >= 0.6 is 0 Å². The molecule has 0 aliphatic heterocycles. The maximum atomic E-state index is 12.0. The van der Waals surface area contributed by atoms with Gasteiger partial charge >= 0.3 is 5.97 Å². The first-order chi connectivity index (χ1) is 28.7. The molecule has 4 aromatic carbocycles. The topological polar surface area (TPSA) is 76.0 Å². The van der Waals surface area contributed by atoms with Crippen molar-refractivity contribution in [1.82, 2.24) is 0 Å². The number of benzene rings is 4. The minimum Gasteiger partial charge on any atom is -0.493 e. The number of carbonyl (C=O) groups is 1. The molecule has 0 unspecified atom stereocenters.